The van der Waals surface area contributed by atoms with E-state index in [-0.39, 0.29) is 11.2 Å². The minimum absolute atomic E-state index is 0.369. The lowest BCUT2D eigenvalue weighted by molar-refractivity contribution is 0.00578. The van der Waals surface area contributed by atoms with E-state index in [4.69, 9.17) is 14.0 Å². The molecule has 0 bridgehead atoms. The molecule has 0 radical (unpaired) electrons. The van der Waals surface area contributed by atoms with E-state index in [1.54, 1.807) is 0 Å². The van der Waals surface area contributed by atoms with E-state index in [1.165, 1.54) is 0 Å². The highest BCUT2D eigenvalue weighted by atomic mass is 28.3. The molecule has 1 saturated heterocycles. The number of pyridine rings is 1. The molecule has 0 aliphatic carbocycles. The van der Waals surface area contributed by atoms with Gasteiger partial charge < -0.3 is 14.0 Å². The van der Waals surface area contributed by atoms with E-state index in [0.717, 1.165) is 35.1 Å². The Bertz CT molecular complexity index is 813. The first-order valence-electron chi connectivity index (χ1n) is 9.66. The quantitative estimate of drug-likeness (QED) is 0.560. The van der Waals surface area contributed by atoms with Gasteiger partial charge in [0.2, 0.25) is 0 Å². The van der Waals surface area contributed by atoms with Crippen LogP contribution in [0.5, 0.6) is 0 Å². The summed E-state index contributed by atoms with van der Waals surface area (Å²) in [6.07, 6.45) is 1.82. The summed E-state index contributed by atoms with van der Waals surface area (Å²) < 4.78 is 20.2. The first-order chi connectivity index (χ1) is 12.4. The number of ether oxygens (including phenoxy) is 1. The number of aromatic nitrogens is 3. The van der Waals surface area contributed by atoms with Gasteiger partial charge in [0.15, 0.2) is 5.65 Å². The van der Waals surface area contributed by atoms with Crippen molar-refractivity contribution >= 4 is 31.8 Å². The maximum absolute atomic E-state index is 6.13. The van der Waals surface area contributed by atoms with E-state index in [9.17, 15) is 0 Å². The first kappa shape index (κ1) is 20.5. The molecule has 8 heteroatoms. The molecule has 0 saturated carbocycles. The van der Waals surface area contributed by atoms with Gasteiger partial charge in [0, 0.05) is 26.3 Å². The van der Waals surface area contributed by atoms with Gasteiger partial charge in [-0.25, -0.2) is 9.97 Å². The SMILES string of the molecule is Cc1nc2cc(B3OC(C)(C)C(C)(C)O3)cnc2n1COCC[Si](C)(C)C. The Balaban J connectivity index is 1.76. The van der Waals surface area contributed by atoms with Gasteiger partial charge in [-0.15, -0.1) is 0 Å². The standard InChI is InChI=1S/C19H32BN3O3Si/c1-14-22-16-11-15(20-25-18(2,3)19(4,5)26-20)12-21-17(16)23(14)13-24-9-10-27(6,7)8/h11-12H,9-10,13H2,1-8H3. The maximum atomic E-state index is 6.13. The molecule has 2 aromatic heterocycles. The van der Waals surface area contributed by atoms with E-state index in [2.05, 4.69) is 57.3 Å². The van der Waals surface area contributed by atoms with Gasteiger partial charge in [-0.3, -0.25) is 4.57 Å². The van der Waals surface area contributed by atoms with Crippen LogP contribution in [-0.4, -0.2) is 47.5 Å². The molecule has 0 N–H and O–H groups in total. The van der Waals surface area contributed by atoms with Gasteiger partial charge in [-0.05, 0) is 46.7 Å². The van der Waals surface area contributed by atoms with Crippen LogP contribution in [-0.2, 0) is 20.8 Å². The fourth-order valence-corrected chi connectivity index (χ4v) is 3.69. The van der Waals surface area contributed by atoms with Gasteiger partial charge in [0.25, 0.3) is 0 Å². The predicted octanol–water partition coefficient (Wildman–Crippen LogP) is 3.35. The zero-order valence-electron chi connectivity index (χ0n) is 17.9. The van der Waals surface area contributed by atoms with Crippen molar-refractivity contribution in [1.82, 2.24) is 14.5 Å². The predicted molar refractivity (Wildman–Crippen MR) is 112 cm³/mol. The second-order valence-electron chi connectivity index (χ2n) is 9.63. The van der Waals surface area contributed by atoms with Gasteiger partial charge in [-0.1, -0.05) is 19.6 Å². The number of nitrogens with zero attached hydrogens (tertiary/aromatic N) is 3. The van der Waals surface area contributed by atoms with E-state index in [0.29, 0.717) is 6.73 Å². The van der Waals surface area contributed by atoms with Crippen LogP contribution in [0, 0.1) is 6.92 Å². The molecule has 148 valence electrons. The third kappa shape index (κ3) is 4.29. The molecule has 0 atom stereocenters. The van der Waals surface area contributed by atoms with Crippen molar-refractivity contribution in [2.45, 2.75) is 78.2 Å². The van der Waals surface area contributed by atoms with E-state index < -0.39 is 15.2 Å². The van der Waals surface area contributed by atoms with Crippen molar-refractivity contribution in [2.24, 2.45) is 0 Å². The number of fused-ring (bicyclic) bond motifs is 1. The highest BCUT2D eigenvalue weighted by molar-refractivity contribution is 6.76. The Morgan fingerprint density at radius 3 is 2.37 bits per heavy atom. The summed E-state index contributed by atoms with van der Waals surface area (Å²) in [6.45, 7) is 18.5. The summed E-state index contributed by atoms with van der Waals surface area (Å²) in [5.74, 6) is 0.900. The lowest BCUT2D eigenvalue weighted by atomic mass is 9.80. The smallest absolute Gasteiger partial charge is 0.399 e. The van der Waals surface area contributed by atoms with Crippen LogP contribution in [0.3, 0.4) is 0 Å². The molecule has 0 aromatic carbocycles. The zero-order chi connectivity index (χ0) is 20.0. The number of hydrogen-bond acceptors (Lipinski definition) is 5. The Morgan fingerprint density at radius 2 is 1.78 bits per heavy atom. The van der Waals surface area contributed by atoms with Crippen LogP contribution in [0.4, 0.5) is 0 Å². The monoisotopic (exact) mass is 389 g/mol. The molecule has 0 amide bonds. The van der Waals surface area contributed by atoms with Crippen LogP contribution in [0.15, 0.2) is 12.3 Å². The Hall–Kier alpha value is -1.22. The van der Waals surface area contributed by atoms with Crippen molar-refractivity contribution in [3.8, 4) is 0 Å². The molecule has 1 aliphatic rings. The van der Waals surface area contributed by atoms with Crippen LogP contribution in [0.2, 0.25) is 25.7 Å². The third-order valence-electron chi connectivity index (χ3n) is 5.54. The molecule has 0 unspecified atom stereocenters. The summed E-state index contributed by atoms with van der Waals surface area (Å²) in [4.78, 5) is 9.30. The first-order valence-corrected chi connectivity index (χ1v) is 13.4. The number of aryl methyl sites for hydroxylation is 1. The van der Waals surface area contributed by atoms with Crippen molar-refractivity contribution in [1.29, 1.82) is 0 Å². The summed E-state index contributed by atoms with van der Waals surface area (Å²) in [5.41, 5.74) is 1.83. The van der Waals surface area contributed by atoms with Crippen LogP contribution < -0.4 is 5.46 Å². The molecule has 27 heavy (non-hydrogen) atoms. The van der Waals surface area contributed by atoms with Crippen molar-refractivity contribution < 1.29 is 14.0 Å². The lowest BCUT2D eigenvalue weighted by Gasteiger charge is -2.32. The topological polar surface area (TPSA) is 58.4 Å². The van der Waals surface area contributed by atoms with Crippen molar-refractivity contribution in [2.75, 3.05) is 6.61 Å². The third-order valence-corrected chi connectivity index (χ3v) is 7.24. The van der Waals surface area contributed by atoms with Crippen LogP contribution in [0.1, 0.15) is 33.5 Å². The largest absolute Gasteiger partial charge is 0.496 e. The molecule has 2 aromatic rings. The van der Waals surface area contributed by atoms with Crippen molar-refractivity contribution in [3.63, 3.8) is 0 Å². The Morgan fingerprint density at radius 1 is 1.15 bits per heavy atom. The molecule has 3 heterocycles. The fourth-order valence-electron chi connectivity index (χ4n) is 2.94. The second-order valence-corrected chi connectivity index (χ2v) is 15.3. The number of rotatable bonds is 6. The van der Waals surface area contributed by atoms with Crippen LogP contribution >= 0.6 is 0 Å². The van der Waals surface area contributed by atoms with E-state index >= 15 is 0 Å². The fraction of sp³-hybridized carbons (Fsp3) is 0.684. The summed E-state index contributed by atoms with van der Waals surface area (Å²) in [5, 5.41) is 0. The average molecular weight is 389 g/mol. The lowest BCUT2D eigenvalue weighted by Crippen LogP contribution is -2.41. The Labute approximate surface area is 163 Å². The minimum Gasteiger partial charge on any atom is -0.399 e. The van der Waals surface area contributed by atoms with Crippen LogP contribution in [0.25, 0.3) is 11.2 Å². The molecular formula is C19H32BN3O3Si. The number of imidazole rings is 1. The molecule has 0 spiro atoms. The maximum Gasteiger partial charge on any atom is 0.496 e. The molecule has 3 rings (SSSR count). The minimum atomic E-state index is -1.09. The molecular weight excluding hydrogens is 357 g/mol. The normalized spacial score (nSPS) is 19.2. The van der Waals surface area contributed by atoms with Crippen molar-refractivity contribution in [3.05, 3.63) is 18.1 Å². The highest BCUT2D eigenvalue weighted by Crippen LogP contribution is 2.36. The molecule has 6 nitrogen and oxygen atoms in total. The van der Waals surface area contributed by atoms with Gasteiger partial charge in [0.05, 0.1) is 11.2 Å². The number of hydrogen-bond donors (Lipinski definition) is 0. The molecule has 1 aliphatic heterocycles. The zero-order valence-corrected chi connectivity index (χ0v) is 18.9. The highest BCUT2D eigenvalue weighted by Gasteiger charge is 2.51. The van der Waals surface area contributed by atoms with E-state index in [1.807, 2.05) is 23.8 Å². The van der Waals surface area contributed by atoms with Gasteiger partial charge in [0.1, 0.15) is 18.1 Å². The summed E-state index contributed by atoms with van der Waals surface area (Å²) in [7, 11) is -1.51. The van der Waals surface area contributed by atoms with Gasteiger partial charge >= 0.3 is 7.12 Å². The summed E-state index contributed by atoms with van der Waals surface area (Å²) in [6, 6.07) is 3.16. The van der Waals surface area contributed by atoms with Gasteiger partial charge in [-0.2, -0.15) is 0 Å². The summed E-state index contributed by atoms with van der Waals surface area (Å²) >= 11 is 0. The second kappa shape index (κ2) is 6.99. The molecule has 1 fully saturated rings. The Kier molecular flexibility index (Phi) is 5.31. The average Bonchev–Trinajstić information content (AvgIpc) is 2.94.